The SMILES string of the molecule is COCOC(OC)OC. The molecule has 0 radical (unpaired) electrons. The summed E-state index contributed by atoms with van der Waals surface area (Å²) in [5, 5.41) is 0. The van der Waals surface area contributed by atoms with Crippen LogP contribution in [0.3, 0.4) is 0 Å². The molecule has 0 aliphatic rings. The van der Waals surface area contributed by atoms with Crippen LogP contribution in [0.2, 0.25) is 0 Å². The molecule has 4 heteroatoms. The van der Waals surface area contributed by atoms with Gasteiger partial charge >= 0.3 is 0 Å². The predicted octanol–water partition coefficient (Wildman–Crippen LogP) is 0.183. The number of methoxy groups -OCH3 is 3. The van der Waals surface area contributed by atoms with Crippen molar-refractivity contribution >= 4 is 0 Å². The first-order valence-corrected chi connectivity index (χ1v) is 2.51. The van der Waals surface area contributed by atoms with E-state index in [-0.39, 0.29) is 6.79 Å². The lowest BCUT2D eigenvalue weighted by atomic mass is 11.2. The maximum absolute atomic E-state index is 4.82. The maximum atomic E-state index is 4.82. The van der Waals surface area contributed by atoms with Crippen molar-refractivity contribution in [3.63, 3.8) is 0 Å². The summed E-state index contributed by atoms with van der Waals surface area (Å²) in [5.74, 6) is 0. The van der Waals surface area contributed by atoms with Gasteiger partial charge in [0.1, 0.15) is 0 Å². The molecule has 0 amide bonds. The summed E-state index contributed by atoms with van der Waals surface area (Å²) < 4.78 is 18.8. The van der Waals surface area contributed by atoms with Crippen LogP contribution >= 0.6 is 0 Å². The Morgan fingerprint density at radius 1 is 1.11 bits per heavy atom. The van der Waals surface area contributed by atoms with Gasteiger partial charge in [0.15, 0.2) is 6.79 Å². The third-order valence-corrected chi connectivity index (χ3v) is 0.707. The smallest absolute Gasteiger partial charge is 0.273 e. The molecule has 4 nitrogen and oxygen atoms in total. The van der Waals surface area contributed by atoms with Crippen molar-refractivity contribution < 1.29 is 18.9 Å². The molecule has 0 saturated carbocycles. The standard InChI is InChI=1S/C5H12O4/c1-6-4-9-5(7-2)8-3/h5H,4H2,1-3H3. The molecular formula is C5H12O4. The van der Waals surface area contributed by atoms with E-state index in [1.165, 1.54) is 21.3 Å². The molecule has 0 aromatic heterocycles. The molecule has 0 N–H and O–H groups in total. The fourth-order valence-electron chi connectivity index (χ4n) is 0.356. The van der Waals surface area contributed by atoms with Crippen LogP contribution in [0.4, 0.5) is 0 Å². The number of ether oxygens (including phenoxy) is 4. The van der Waals surface area contributed by atoms with Crippen molar-refractivity contribution in [1.29, 1.82) is 0 Å². The Kier molecular flexibility index (Phi) is 5.86. The highest BCUT2D eigenvalue weighted by atomic mass is 16.9. The molecule has 0 bridgehead atoms. The van der Waals surface area contributed by atoms with Gasteiger partial charge in [0.05, 0.1) is 0 Å². The number of rotatable bonds is 5. The second-order valence-corrected chi connectivity index (χ2v) is 1.33. The van der Waals surface area contributed by atoms with Crippen molar-refractivity contribution in [1.82, 2.24) is 0 Å². The summed E-state index contributed by atoms with van der Waals surface area (Å²) >= 11 is 0. The van der Waals surface area contributed by atoms with E-state index < -0.39 is 6.48 Å². The highest BCUT2D eigenvalue weighted by Crippen LogP contribution is 1.91. The average Bonchev–Trinajstić information content (AvgIpc) is 1.91. The molecule has 0 aromatic carbocycles. The quantitative estimate of drug-likeness (QED) is 0.505. The molecule has 0 unspecified atom stereocenters. The van der Waals surface area contributed by atoms with E-state index in [0.717, 1.165) is 0 Å². The summed E-state index contributed by atoms with van der Waals surface area (Å²) in [6.07, 6.45) is 0. The summed E-state index contributed by atoms with van der Waals surface area (Å²) in [7, 11) is 4.51. The van der Waals surface area contributed by atoms with Gasteiger partial charge in [0, 0.05) is 21.3 Å². The van der Waals surface area contributed by atoms with Crippen LogP contribution in [0.15, 0.2) is 0 Å². The minimum atomic E-state index is -0.620. The third kappa shape index (κ3) is 4.35. The Morgan fingerprint density at radius 3 is 2.00 bits per heavy atom. The average molecular weight is 136 g/mol. The van der Waals surface area contributed by atoms with Crippen LogP contribution in [0, 0.1) is 0 Å². The summed E-state index contributed by atoms with van der Waals surface area (Å²) in [6, 6.07) is 0. The van der Waals surface area contributed by atoms with Crippen LogP contribution in [0.5, 0.6) is 0 Å². The highest BCUT2D eigenvalue weighted by molar-refractivity contribution is 4.12. The van der Waals surface area contributed by atoms with Crippen LogP contribution in [0.25, 0.3) is 0 Å². The van der Waals surface area contributed by atoms with Gasteiger partial charge in [0.25, 0.3) is 6.48 Å². The fraction of sp³-hybridized carbons (Fsp3) is 1.00. The second kappa shape index (κ2) is 5.97. The molecule has 0 saturated heterocycles. The summed E-state index contributed by atoms with van der Waals surface area (Å²) in [4.78, 5) is 0. The lowest BCUT2D eigenvalue weighted by molar-refractivity contribution is -0.290. The zero-order valence-corrected chi connectivity index (χ0v) is 5.92. The molecule has 0 aromatic rings. The van der Waals surface area contributed by atoms with E-state index in [4.69, 9.17) is 4.74 Å². The third-order valence-electron chi connectivity index (χ3n) is 0.707. The second-order valence-electron chi connectivity index (χ2n) is 1.33. The van der Waals surface area contributed by atoms with Gasteiger partial charge in [0.2, 0.25) is 0 Å². The first-order chi connectivity index (χ1) is 4.35. The molecule has 0 rings (SSSR count). The van der Waals surface area contributed by atoms with Crippen LogP contribution in [-0.4, -0.2) is 34.6 Å². The molecule has 56 valence electrons. The number of hydrogen-bond donors (Lipinski definition) is 0. The van der Waals surface area contributed by atoms with Crippen molar-refractivity contribution in [2.45, 2.75) is 6.48 Å². The Hall–Kier alpha value is -0.160. The van der Waals surface area contributed by atoms with Crippen molar-refractivity contribution in [2.75, 3.05) is 28.1 Å². The van der Waals surface area contributed by atoms with Gasteiger partial charge in [-0.3, -0.25) is 0 Å². The number of hydrogen-bond acceptors (Lipinski definition) is 4. The molecule has 0 aliphatic carbocycles. The van der Waals surface area contributed by atoms with Crippen molar-refractivity contribution in [2.24, 2.45) is 0 Å². The molecule has 0 heterocycles. The zero-order chi connectivity index (χ0) is 7.11. The monoisotopic (exact) mass is 136 g/mol. The zero-order valence-electron chi connectivity index (χ0n) is 5.92. The fourth-order valence-corrected chi connectivity index (χ4v) is 0.356. The van der Waals surface area contributed by atoms with Crippen molar-refractivity contribution in [3.8, 4) is 0 Å². The van der Waals surface area contributed by atoms with Crippen LogP contribution < -0.4 is 0 Å². The summed E-state index contributed by atoms with van der Waals surface area (Å²) in [6.45, 7) is -0.447. The van der Waals surface area contributed by atoms with E-state index in [1.807, 2.05) is 0 Å². The molecule has 0 aliphatic heterocycles. The van der Waals surface area contributed by atoms with Crippen LogP contribution in [0.1, 0.15) is 0 Å². The Labute approximate surface area is 54.7 Å². The van der Waals surface area contributed by atoms with E-state index in [0.29, 0.717) is 0 Å². The van der Waals surface area contributed by atoms with Crippen molar-refractivity contribution in [3.05, 3.63) is 0 Å². The van der Waals surface area contributed by atoms with E-state index in [2.05, 4.69) is 14.2 Å². The van der Waals surface area contributed by atoms with Gasteiger partial charge in [-0.25, -0.2) is 0 Å². The topological polar surface area (TPSA) is 36.9 Å². The highest BCUT2D eigenvalue weighted by Gasteiger charge is 2.01. The molecule has 0 spiro atoms. The van der Waals surface area contributed by atoms with Gasteiger partial charge in [-0.05, 0) is 0 Å². The lowest BCUT2D eigenvalue weighted by Crippen LogP contribution is -2.18. The molecule has 0 atom stereocenters. The summed E-state index contributed by atoms with van der Waals surface area (Å²) in [5.41, 5.74) is 0. The van der Waals surface area contributed by atoms with Gasteiger partial charge in [-0.15, -0.1) is 0 Å². The first kappa shape index (κ1) is 8.84. The molecule has 0 fully saturated rings. The minimum Gasteiger partial charge on any atom is -0.358 e. The normalized spacial score (nSPS) is 10.7. The van der Waals surface area contributed by atoms with E-state index in [1.54, 1.807) is 0 Å². The molecule has 9 heavy (non-hydrogen) atoms. The Balaban J connectivity index is 3.09. The lowest BCUT2D eigenvalue weighted by Gasteiger charge is -2.12. The van der Waals surface area contributed by atoms with Gasteiger partial charge in [-0.2, -0.15) is 0 Å². The largest absolute Gasteiger partial charge is 0.358 e. The van der Waals surface area contributed by atoms with Gasteiger partial charge in [-0.1, -0.05) is 0 Å². The van der Waals surface area contributed by atoms with E-state index in [9.17, 15) is 0 Å². The molecular weight excluding hydrogens is 124 g/mol. The first-order valence-electron chi connectivity index (χ1n) is 2.51. The Morgan fingerprint density at radius 2 is 1.67 bits per heavy atom. The van der Waals surface area contributed by atoms with E-state index >= 15 is 0 Å². The van der Waals surface area contributed by atoms with Gasteiger partial charge < -0.3 is 18.9 Å². The Bertz CT molecular complexity index is 52.9. The maximum Gasteiger partial charge on any atom is 0.273 e. The minimum absolute atomic E-state index is 0.173. The predicted molar refractivity (Wildman–Crippen MR) is 30.8 cm³/mol. The van der Waals surface area contributed by atoms with Crippen LogP contribution in [-0.2, 0) is 18.9 Å².